The summed E-state index contributed by atoms with van der Waals surface area (Å²) in [6.45, 7) is 0.306. The lowest BCUT2D eigenvalue weighted by Gasteiger charge is -2.15. The second kappa shape index (κ2) is 8.66. The molecule has 5 heteroatoms. The van der Waals surface area contributed by atoms with Crippen LogP contribution in [0.1, 0.15) is 11.1 Å². The third kappa shape index (κ3) is 3.96. The van der Waals surface area contributed by atoms with Crippen molar-refractivity contribution < 1.29 is 14.3 Å². The molecule has 2 amide bonds. The molecule has 1 heterocycles. The third-order valence-corrected chi connectivity index (χ3v) is 5.06. The van der Waals surface area contributed by atoms with Crippen LogP contribution in [-0.4, -0.2) is 30.4 Å². The van der Waals surface area contributed by atoms with Crippen LogP contribution in [0.5, 0.6) is 5.75 Å². The summed E-state index contributed by atoms with van der Waals surface area (Å²) < 4.78 is 5.18. The number of anilines is 1. The highest BCUT2D eigenvalue weighted by Crippen LogP contribution is 2.30. The quantitative estimate of drug-likeness (QED) is 0.608. The van der Waals surface area contributed by atoms with Crippen molar-refractivity contribution in [3.63, 3.8) is 0 Å². The number of ether oxygens (including phenoxy) is 1. The maximum atomic E-state index is 13.2. The van der Waals surface area contributed by atoms with Crippen molar-refractivity contribution in [2.45, 2.75) is 6.42 Å². The molecule has 0 bridgehead atoms. The Balaban J connectivity index is 1.60. The van der Waals surface area contributed by atoms with Crippen LogP contribution < -0.4 is 10.1 Å². The first-order chi connectivity index (χ1) is 14.7. The Hall–Kier alpha value is -3.86. The van der Waals surface area contributed by atoms with Crippen LogP contribution in [0.2, 0.25) is 0 Å². The summed E-state index contributed by atoms with van der Waals surface area (Å²) in [7, 11) is 1.62. The highest BCUT2D eigenvalue weighted by atomic mass is 16.5. The molecule has 4 rings (SSSR count). The molecule has 0 aromatic heterocycles. The van der Waals surface area contributed by atoms with Gasteiger partial charge in [0.2, 0.25) is 0 Å². The van der Waals surface area contributed by atoms with Crippen LogP contribution in [0, 0.1) is 0 Å². The van der Waals surface area contributed by atoms with E-state index in [-0.39, 0.29) is 11.8 Å². The number of benzene rings is 3. The lowest BCUT2D eigenvalue weighted by Crippen LogP contribution is -2.34. The van der Waals surface area contributed by atoms with E-state index in [1.54, 1.807) is 7.11 Å². The zero-order valence-corrected chi connectivity index (χ0v) is 16.7. The van der Waals surface area contributed by atoms with Crippen molar-refractivity contribution in [3.05, 3.63) is 102 Å². The van der Waals surface area contributed by atoms with Crippen LogP contribution in [0.25, 0.3) is 5.57 Å². The number of hydrogen-bond donors (Lipinski definition) is 1. The van der Waals surface area contributed by atoms with Crippen LogP contribution >= 0.6 is 0 Å². The van der Waals surface area contributed by atoms with Gasteiger partial charge >= 0.3 is 0 Å². The van der Waals surface area contributed by atoms with Crippen molar-refractivity contribution in [1.29, 1.82) is 0 Å². The van der Waals surface area contributed by atoms with E-state index in [1.165, 1.54) is 4.90 Å². The minimum absolute atomic E-state index is 0.279. The summed E-state index contributed by atoms with van der Waals surface area (Å²) in [5, 5.41) is 3.16. The molecule has 3 aromatic rings. The molecule has 0 unspecified atom stereocenters. The van der Waals surface area contributed by atoms with Gasteiger partial charge in [-0.25, -0.2) is 0 Å². The van der Waals surface area contributed by atoms with Crippen LogP contribution in [0.4, 0.5) is 5.69 Å². The first-order valence-corrected chi connectivity index (χ1v) is 9.78. The topological polar surface area (TPSA) is 58.6 Å². The lowest BCUT2D eigenvalue weighted by atomic mass is 10.0. The molecule has 5 nitrogen and oxygen atoms in total. The smallest absolute Gasteiger partial charge is 0.278 e. The fourth-order valence-electron chi connectivity index (χ4n) is 3.47. The number of imide groups is 1. The van der Waals surface area contributed by atoms with Gasteiger partial charge in [-0.15, -0.1) is 0 Å². The summed E-state index contributed by atoms with van der Waals surface area (Å²) in [6, 6.07) is 26.3. The van der Waals surface area contributed by atoms with E-state index in [0.29, 0.717) is 24.2 Å². The van der Waals surface area contributed by atoms with Gasteiger partial charge in [0, 0.05) is 12.2 Å². The number of carbonyl (C=O) groups is 2. The molecule has 3 aromatic carbocycles. The SMILES string of the molecule is COc1ccc(CCN2C(=O)C(Nc3ccccc3)=C(c3ccccc3)C2=O)cc1. The third-order valence-electron chi connectivity index (χ3n) is 5.06. The van der Waals surface area contributed by atoms with Crippen LogP contribution in [-0.2, 0) is 16.0 Å². The Bertz CT molecular complexity index is 1070. The highest BCUT2D eigenvalue weighted by Gasteiger charge is 2.38. The van der Waals surface area contributed by atoms with Gasteiger partial charge in [-0.1, -0.05) is 60.7 Å². The van der Waals surface area contributed by atoms with Gasteiger partial charge in [-0.05, 0) is 41.8 Å². The maximum absolute atomic E-state index is 13.2. The van der Waals surface area contributed by atoms with Gasteiger partial charge in [0.15, 0.2) is 0 Å². The molecule has 1 aliphatic rings. The van der Waals surface area contributed by atoms with Gasteiger partial charge in [-0.2, -0.15) is 0 Å². The average Bonchev–Trinajstić information content (AvgIpc) is 3.03. The normalized spacial score (nSPS) is 13.7. The van der Waals surface area contributed by atoms with E-state index in [4.69, 9.17) is 4.74 Å². The number of para-hydroxylation sites is 1. The van der Waals surface area contributed by atoms with Gasteiger partial charge in [-0.3, -0.25) is 14.5 Å². The van der Waals surface area contributed by atoms with Crippen LogP contribution in [0.3, 0.4) is 0 Å². The largest absolute Gasteiger partial charge is 0.497 e. The molecule has 0 saturated heterocycles. The van der Waals surface area contributed by atoms with Gasteiger partial charge < -0.3 is 10.1 Å². The first-order valence-electron chi connectivity index (χ1n) is 9.78. The number of amides is 2. The molecule has 150 valence electrons. The molecule has 1 aliphatic heterocycles. The molecule has 0 atom stereocenters. The molecule has 0 spiro atoms. The summed E-state index contributed by atoms with van der Waals surface area (Å²) in [5.41, 5.74) is 3.23. The Morgan fingerprint density at radius 3 is 2.07 bits per heavy atom. The van der Waals surface area contributed by atoms with Crippen molar-refractivity contribution in [3.8, 4) is 5.75 Å². The number of methoxy groups -OCH3 is 1. The minimum Gasteiger partial charge on any atom is -0.497 e. The summed E-state index contributed by atoms with van der Waals surface area (Å²) >= 11 is 0. The fourth-order valence-corrected chi connectivity index (χ4v) is 3.47. The number of rotatable bonds is 7. The van der Waals surface area contributed by atoms with Crippen LogP contribution in [0.15, 0.2) is 90.6 Å². The molecular weight excluding hydrogens is 376 g/mol. The molecule has 0 fully saturated rings. The fraction of sp³-hybridized carbons (Fsp3) is 0.120. The van der Waals surface area contributed by atoms with Gasteiger partial charge in [0.25, 0.3) is 11.8 Å². The van der Waals surface area contributed by atoms with Crippen molar-refractivity contribution in [2.24, 2.45) is 0 Å². The number of nitrogens with zero attached hydrogens (tertiary/aromatic N) is 1. The van der Waals surface area contributed by atoms with Gasteiger partial charge in [0.05, 0.1) is 12.7 Å². The number of carbonyl (C=O) groups excluding carboxylic acids is 2. The second-order valence-corrected chi connectivity index (χ2v) is 6.97. The summed E-state index contributed by atoms with van der Waals surface area (Å²) in [6.07, 6.45) is 0.572. The molecule has 30 heavy (non-hydrogen) atoms. The Morgan fingerprint density at radius 2 is 1.43 bits per heavy atom. The molecular formula is C25H22N2O3. The number of hydrogen-bond acceptors (Lipinski definition) is 4. The van der Waals surface area contributed by atoms with Crippen molar-refractivity contribution in [2.75, 3.05) is 19.0 Å². The predicted molar refractivity (Wildman–Crippen MR) is 117 cm³/mol. The standard InChI is InChI=1S/C25H22N2O3/c1-30-21-14-12-18(13-15-21)16-17-27-24(28)22(19-8-4-2-5-9-19)23(25(27)29)26-20-10-6-3-7-11-20/h2-15,26H,16-17H2,1H3. The number of nitrogens with one attached hydrogen (secondary N) is 1. The Labute approximate surface area is 175 Å². The maximum Gasteiger partial charge on any atom is 0.278 e. The second-order valence-electron chi connectivity index (χ2n) is 6.97. The van der Waals surface area contributed by atoms with E-state index in [1.807, 2.05) is 84.9 Å². The van der Waals surface area contributed by atoms with E-state index in [2.05, 4.69) is 5.32 Å². The molecule has 0 radical (unpaired) electrons. The zero-order chi connectivity index (χ0) is 20.9. The van der Waals surface area contributed by atoms with E-state index < -0.39 is 0 Å². The van der Waals surface area contributed by atoms with E-state index >= 15 is 0 Å². The van der Waals surface area contributed by atoms with E-state index in [0.717, 1.165) is 22.6 Å². The lowest BCUT2D eigenvalue weighted by molar-refractivity contribution is -0.136. The highest BCUT2D eigenvalue weighted by molar-refractivity contribution is 6.36. The minimum atomic E-state index is -0.309. The zero-order valence-electron chi connectivity index (χ0n) is 16.7. The molecule has 0 aliphatic carbocycles. The van der Waals surface area contributed by atoms with Crippen molar-refractivity contribution in [1.82, 2.24) is 4.90 Å². The first kappa shape index (κ1) is 19.5. The average molecular weight is 398 g/mol. The summed E-state index contributed by atoms with van der Waals surface area (Å²) in [5.74, 6) is 0.184. The summed E-state index contributed by atoms with van der Waals surface area (Å²) in [4.78, 5) is 27.7. The Kier molecular flexibility index (Phi) is 5.61. The predicted octanol–water partition coefficient (Wildman–Crippen LogP) is 4.13. The monoisotopic (exact) mass is 398 g/mol. The van der Waals surface area contributed by atoms with E-state index in [9.17, 15) is 9.59 Å². The molecule has 1 N–H and O–H groups in total. The van der Waals surface area contributed by atoms with Crippen molar-refractivity contribution >= 4 is 23.1 Å². The van der Waals surface area contributed by atoms with Gasteiger partial charge in [0.1, 0.15) is 11.4 Å². The Morgan fingerprint density at radius 1 is 0.800 bits per heavy atom. The molecule has 0 saturated carbocycles.